The maximum atomic E-state index is 11.8. The van der Waals surface area contributed by atoms with E-state index >= 15 is 0 Å². The van der Waals surface area contributed by atoms with Crippen molar-refractivity contribution in [2.24, 2.45) is 5.92 Å². The lowest BCUT2D eigenvalue weighted by molar-refractivity contribution is -0.138. The average molecular weight is 336 g/mol. The zero-order valence-corrected chi connectivity index (χ0v) is 13.5. The molecule has 0 aromatic rings. The first kappa shape index (κ1) is 18.7. The third-order valence-corrected chi connectivity index (χ3v) is 5.40. The highest BCUT2D eigenvalue weighted by Gasteiger charge is 2.56. The second-order valence-corrected chi connectivity index (χ2v) is 7.30. The number of aliphatic carboxylic acids is 1. The second-order valence-electron chi connectivity index (χ2n) is 4.91. The van der Waals surface area contributed by atoms with Crippen LogP contribution in [0.1, 0.15) is 19.3 Å². The van der Waals surface area contributed by atoms with E-state index in [1.165, 1.54) is 14.2 Å². The molecule has 0 bridgehead atoms. The standard InChI is InChI=1S/C13H21O8P/c1-4-10-9-13(10,6-5-11(14)15)21-12(16)20-7-8-22(17,18-2)19-3/h4,10H,1,5-9H2,2-3H3,(H,14,15)/t10-,13+/m0/s1. The maximum Gasteiger partial charge on any atom is 0.508 e. The van der Waals surface area contributed by atoms with E-state index in [9.17, 15) is 14.2 Å². The van der Waals surface area contributed by atoms with Gasteiger partial charge < -0.3 is 23.6 Å². The predicted octanol–water partition coefficient (Wildman–Crippen LogP) is 2.44. The van der Waals surface area contributed by atoms with Gasteiger partial charge in [0.05, 0.1) is 6.16 Å². The van der Waals surface area contributed by atoms with Gasteiger partial charge in [-0.15, -0.1) is 6.58 Å². The van der Waals surface area contributed by atoms with E-state index in [2.05, 4.69) is 6.58 Å². The van der Waals surface area contributed by atoms with Crippen LogP contribution in [0.3, 0.4) is 0 Å². The van der Waals surface area contributed by atoms with Crippen molar-refractivity contribution in [3.8, 4) is 0 Å². The van der Waals surface area contributed by atoms with Gasteiger partial charge in [-0.25, -0.2) is 4.79 Å². The summed E-state index contributed by atoms with van der Waals surface area (Å²) in [4.78, 5) is 22.3. The Balaban J connectivity index is 2.44. The van der Waals surface area contributed by atoms with Gasteiger partial charge in [0.25, 0.3) is 0 Å². The summed E-state index contributed by atoms with van der Waals surface area (Å²) in [5, 5.41) is 8.73. The van der Waals surface area contributed by atoms with Crippen molar-refractivity contribution >= 4 is 19.7 Å². The molecule has 8 nitrogen and oxygen atoms in total. The average Bonchev–Trinajstić information content (AvgIpc) is 3.18. The molecule has 126 valence electrons. The molecule has 1 aliphatic carbocycles. The first-order valence-corrected chi connectivity index (χ1v) is 8.44. The largest absolute Gasteiger partial charge is 0.508 e. The lowest BCUT2D eigenvalue weighted by Crippen LogP contribution is -2.24. The van der Waals surface area contributed by atoms with Crippen molar-refractivity contribution in [2.45, 2.75) is 24.9 Å². The van der Waals surface area contributed by atoms with Crippen LogP contribution in [0.25, 0.3) is 0 Å². The van der Waals surface area contributed by atoms with Gasteiger partial charge in [-0.1, -0.05) is 6.08 Å². The number of hydrogen-bond donors (Lipinski definition) is 1. The topological polar surface area (TPSA) is 108 Å². The Morgan fingerprint density at radius 3 is 2.50 bits per heavy atom. The van der Waals surface area contributed by atoms with Crippen molar-refractivity contribution in [1.29, 1.82) is 0 Å². The molecular formula is C13H21O8P. The van der Waals surface area contributed by atoms with E-state index in [1.54, 1.807) is 6.08 Å². The molecule has 1 N–H and O–H groups in total. The Labute approximate surface area is 128 Å². The van der Waals surface area contributed by atoms with Crippen LogP contribution in [0.5, 0.6) is 0 Å². The van der Waals surface area contributed by atoms with Crippen molar-refractivity contribution in [3.05, 3.63) is 12.7 Å². The Morgan fingerprint density at radius 2 is 2.05 bits per heavy atom. The number of carbonyl (C=O) groups is 2. The molecule has 0 radical (unpaired) electrons. The van der Waals surface area contributed by atoms with Gasteiger partial charge in [0.15, 0.2) is 0 Å². The van der Waals surface area contributed by atoms with E-state index in [1.807, 2.05) is 0 Å². The summed E-state index contributed by atoms with van der Waals surface area (Å²) in [7, 11) is -0.766. The van der Waals surface area contributed by atoms with Crippen LogP contribution in [-0.2, 0) is 27.9 Å². The fourth-order valence-corrected chi connectivity index (χ4v) is 2.91. The summed E-state index contributed by atoms with van der Waals surface area (Å²) >= 11 is 0. The van der Waals surface area contributed by atoms with Gasteiger partial charge in [0.1, 0.15) is 12.2 Å². The lowest BCUT2D eigenvalue weighted by Gasteiger charge is -2.18. The third-order valence-electron chi connectivity index (χ3n) is 3.56. The first-order valence-electron chi connectivity index (χ1n) is 6.71. The number of carboxylic acid groups (broad SMARTS) is 1. The molecule has 0 aliphatic heterocycles. The monoisotopic (exact) mass is 336 g/mol. The summed E-state index contributed by atoms with van der Waals surface area (Å²) in [6.07, 6.45) is 1.20. The highest BCUT2D eigenvalue weighted by atomic mass is 31.2. The Bertz CT molecular complexity index is 469. The normalized spacial score (nSPS) is 23.6. The van der Waals surface area contributed by atoms with E-state index in [-0.39, 0.29) is 31.5 Å². The molecule has 22 heavy (non-hydrogen) atoms. The number of hydrogen-bond acceptors (Lipinski definition) is 7. The lowest BCUT2D eigenvalue weighted by atomic mass is 10.1. The van der Waals surface area contributed by atoms with Crippen LogP contribution in [0.4, 0.5) is 4.79 Å². The molecule has 1 saturated carbocycles. The minimum atomic E-state index is -3.24. The van der Waals surface area contributed by atoms with Crippen LogP contribution >= 0.6 is 7.60 Å². The number of ether oxygens (including phenoxy) is 2. The zero-order chi connectivity index (χ0) is 16.8. The molecule has 9 heteroatoms. The third kappa shape index (κ3) is 5.12. The first-order chi connectivity index (χ1) is 10.3. The fraction of sp³-hybridized carbons (Fsp3) is 0.692. The van der Waals surface area contributed by atoms with E-state index in [4.69, 9.17) is 23.6 Å². The number of carboxylic acids is 1. The van der Waals surface area contributed by atoms with Crippen molar-refractivity contribution in [1.82, 2.24) is 0 Å². The SMILES string of the molecule is C=C[C@H]1C[C@@]1(CCC(=O)O)OC(=O)OCCP(=O)(OC)OC. The molecule has 0 saturated heterocycles. The quantitative estimate of drug-likeness (QED) is 0.368. The summed E-state index contributed by atoms with van der Waals surface area (Å²) in [5.41, 5.74) is -0.858. The Morgan fingerprint density at radius 1 is 1.41 bits per heavy atom. The van der Waals surface area contributed by atoms with Gasteiger partial charge in [-0.2, -0.15) is 0 Å². The van der Waals surface area contributed by atoms with Crippen LogP contribution in [0.2, 0.25) is 0 Å². The molecule has 0 heterocycles. The Kier molecular flexibility index (Phi) is 6.59. The van der Waals surface area contributed by atoms with E-state index < -0.39 is 25.3 Å². The van der Waals surface area contributed by atoms with Crippen molar-refractivity contribution in [2.75, 3.05) is 27.0 Å². The van der Waals surface area contributed by atoms with Crippen LogP contribution in [-0.4, -0.2) is 49.8 Å². The van der Waals surface area contributed by atoms with Gasteiger partial charge in [-0.05, 0) is 12.8 Å². The molecule has 0 amide bonds. The fourth-order valence-electron chi connectivity index (χ4n) is 2.08. The highest BCUT2D eigenvalue weighted by Crippen LogP contribution is 2.51. The zero-order valence-electron chi connectivity index (χ0n) is 12.6. The van der Waals surface area contributed by atoms with Gasteiger partial charge in [0, 0.05) is 26.6 Å². The summed E-state index contributed by atoms with van der Waals surface area (Å²) < 4.78 is 31.2. The highest BCUT2D eigenvalue weighted by molar-refractivity contribution is 7.53. The summed E-state index contributed by atoms with van der Waals surface area (Å²) in [6, 6.07) is 0. The smallest absolute Gasteiger partial charge is 0.481 e. The molecule has 0 unspecified atom stereocenters. The molecular weight excluding hydrogens is 315 g/mol. The van der Waals surface area contributed by atoms with E-state index in [0.717, 1.165) is 0 Å². The molecule has 1 rings (SSSR count). The molecule has 0 aromatic heterocycles. The number of carbonyl (C=O) groups excluding carboxylic acids is 1. The van der Waals surface area contributed by atoms with Crippen LogP contribution in [0.15, 0.2) is 12.7 Å². The second kappa shape index (κ2) is 7.76. The number of rotatable bonds is 10. The maximum absolute atomic E-state index is 11.8. The molecule has 2 atom stereocenters. The molecule has 0 spiro atoms. The van der Waals surface area contributed by atoms with Crippen molar-refractivity contribution in [3.63, 3.8) is 0 Å². The minimum Gasteiger partial charge on any atom is -0.481 e. The molecule has 1 fully saturated rings. The van der Waals surface area contributed by atoms with Gasteiger partial charge >= 0.3 is 19.7 Å². The summed E-state index contributed by atoms with van der Waals surface area (Å²) in [5.74, 6) is -1.05. The predicted molar refractivity (Wildman–Crippen MR) is 76.8 cm³/mol. The van der Waals surface area contributed by atoms with Gasteiger partial charge in [0.2, 0.25) is 0 Å². The minimum absolute atomic E-state index is 0.0801. The van der Waals surface area contributed by atoms with Crippen LogP contribution in [0, 0.1) is 5.92 Å². The van der Waals surface area contributed by atoms with Gasteiger partial charge in [-0.3, -0.25) is 9.36 Å². The molecule has 0 aromatic carbocycles. The van der Waals surface area contributed by atoms with Crippen LogP contribution < -0.4 is 0 Å². The summed E-state index contributed by atoms with van der Waals surface area (Å²) in [6.45, 7) is 3.43. The van der Waals surface area contributed by atoms with Crippen molar-refractivity contribution < 1.29 is 37.8 Å². The Hall–Kier alpha value is -1.37. The molecule has 1 aliphatic rings. The van der Waals surface area contributed by atoms with E-state index in [0.29, 0.717) is 6.42 Å².